The Hall–Kier alpha value is -2.15. The Morgan fingerprint density at radius 2 is 1.89 bits per heavy atom. The number of rotatable bonds is 8. The number of hydrogen-bond acceptors (Lipinski definition) is 6. The topological polar surface area (TPSA) is 108 Å². The van der Waals surface area contributed by atoms with Gasteiger partial charge in [0.1, 0.15) is 16.3 Å². The van der Waals surface area contributed by atoms with Crippen LogP contribution in [0.4, 0.5) is 5.13 Å². The number of carbonyl (C=O) groups is 2. The van der Waals surface area contributed by atoms with Crippen molar-refractivity contribution in [1.82, 2.24) is 15.3 Å². The normalized spacial score (nSPS) is 20.0. The molecule has 1 saturated carbocycles. The number of ether oxygens (including phenoxy) is 1. The number of piperidine rings is 1. The molecular weight excluding hydrogens is 518 g/mol. The number of carboxylic acid groups (broad SMARTS) is 1. The Kier molecular flexibility index (Phi) is 7.98. The average Bonchev–Trinajstić information content (AvgIpc) is 3.20. The second-order valence-corrected chi connectivity index (χ2v) is 10.5. The second kappa shape index (κ2) is 10.7. The van der Waals surface area contributed by atoms with Crippen molar-refractivity contribution in [3.8, 4) is 5.75 Å². The summed E-state index contributed by atoms with van der Waals surface area (Å²) < 4.78 is 5.47. The Labute approximate surface area is 234 Å². The summed E-state index contributed by atoms with van der Waals surface area (Å²) in [6.45, 7) is 5.70. The van der Waals surface area contributed by atoms with Crippen LogP contribution in [-0.2, 0) is 6.42 Å². The number of hydrogen-bond donors (Lipinski definition) is 3. The molecule has 186 valence electrons. The predicted octanol–water partition coefficient (Wildman–Crippen LogP) is 3.99. The molecule has 0 bridgehead atoms. The molecule has 0 spiro atoms. The van der Waals surface area contributed by atoms with Gasteiger partial charge in [0.05, 0.1) is 22.3 Å². The third-order valence-electron chi connectivity index (χ3n) is 6.53. The van der Waals surface area contributed by atoms with E-state index in [4.69, 9.17) is 27.9 Å². The van der Waals surface area contributed by atoms with Crippen LogP contribution in [0.15, 0.2) is 24.3 Å². The quantitative estimate of drug-likeness (QED) is 0.371. The predicted molar refractivity (Wildman–Crippen MR) is 143 cm³/mol. The summed E-state index contributed by atoms with van der Waals surface area (Å²) in [4.78, 5) is 34.5. The molecule has 8 nitrogen and oxygen atoms in total. The summed E-state index contributed by atoms with van der Waals surface area (Å²) in [5.74, 6) is 0.118. The van der Waals surface area contributed by atoms with Crippen LogP contribution < -0.4 is 15.0 Å². The van der Waals surface area contributed by atoms with Crippen LogP contribution in [0.3, 0.4) is 0 Å². The number of aromatic carboxylic acids is 1. The number of H-pyrrole nitrogens is 1. The number of nitrogens with zero attached hydrogens (tertiary/aromatic N) is 2. The summed E-state index contributed by atoms with van der Waals surface area (Å²) >= 11 is 13.5. The van der Waals surface area contributed by atoms with Crippen molar-refractivity contribution in [2.24, 2.45) is 11.8 Å². The van der Waals surface area contributed by atoms with Gasteiger partial charge in [-0.05, 0) is 31.5 Å². The summed E-state index contributed by atoms with van der Waals surface area (Å²) in [5, 5.41) is 14.1. The van der Waals surface area contributed by atoms with Crippen LogP contribution in [0, 0.1) is 18.8 Å². The zero-order valence-corrected chi connectivity index (χ0v) is 21.4. The number of nitrogens with one attached hydrogen (secondary N) is 2. The maximum atomic E-state index is 12.6. The third-order valence-corrected chi connectivity index (χ3v) is 8.62. The van der Waals surface area contributed by atoms with Crippen LogP contribution in [0.25, 0.3) is 0 Å². The number of fused-ring (bicyclic) bond motifs is 1. The first kappa shape index (κ1) is 26.9. The zero-order chi connectivity index (χ0) is 24.9. The van der Waals surface area contributed by atoms with Gasteiger partial charge >= 0.3 is 24.8 Å². The van der Waals surface area contributed by atoms with Crippen molar-refractivity contribution in [2.45, 2.75) is 26.3 Å². The SMILES string of the molecule is CCOc1ccc(Cc2nc(N3C[C@@H]4[C@H](C3)[C@H]4NC(=O)c3[nH]c(C)c(Cl)c3Cl)sc2C(=O)O)cc1.[LiH]. The molecule has 0 radical (unpaired) electrons. The van der Waals surface area contributed by atoms with Crippen molar-refractivity contribution < 1.29 is 19.4 Å². The molecule has 1 aliphatic heterocycles. The molecule has 2 aliphatic rings. The average molecular weight is 543 g/mol. The van der Waals surface area contributed by atoms with Gasteiger partial charge in [-0.25, -0.2) is 9.78 Å². The molecule has 5 rings (SSSR count). The summed E-state index contributed by atoms with van der Waals surface area (Å²) in [5.41, 5.74) is 2.46. The van der Waals surface area contributed by atoms with E-state index in [-0.39, 0.29) is 58.2 Å². The molecule has 1 aromatic carbocycles. The minimum atomic E-state index is -0.971. The number of aromatic nitrogens is 2. The maximum absolute atomic E-state index is 12.6. The number of aryl methyl sites for hydroxylation is 1. The van der Waals surface area contributed by atoms with E-state index >= 15 is 0 Å². The van der Waals surface area contributed by atoms with Crippen molar-refractivity contribution >= 4 is 70.4 Å². The fraction of sp³-hybridized carbons (Fsp3) is 0.375. The van der Waals surface area contributed by atoms with E-state index < -0.39 is 5.97 Å². The van der Waals surface area contributed by atoms with Crippen LogP contribution in [0.5, 0.6) is 5.75 Å². The van der Waals surface area contributed by atoms with Crippen LogP contribution in [0.1, 0.15) is 44.0 Å². The summed E-state index contributed by atoms with van der Waals surface area (Å²) in [6.07, 6.45) is 0.433. The second-order valence-electron chi connectivity index (χ2n) is 8.82. The van der Waals surface area contributed by atoms with E-state index in [1.165, 1.54) is 11.3 Å². The van der Waals surface area contributed by atoms with E-state index in [0.29, 0.717) is 47.7 Å². The molecule has 3 heterocycles. The van der Waals surface area contributed by atoms with Gasteiger partial charge < -0.3 is 25.0 Å². The molecule has 1 aliphatic carbocycles. The van der Waals surface area contributed by atoms with Crippen molar-refractivity contribution in [2.75, 3.05) is 24.6 Å². The fourth-order valence-corrected chi connectivity index (χ4v) is 6.03. The minimum absolute atomic E-state index is 0. The molecule has 0 unspecified atom stereocenters. The molecular formula is C24H25Cl2LiN4O4S. The number of halogens is 2. The van der Waals surface area contributed by atoms with Crippen LogP contribution in [0.2, 0.25) is 10.0 Å². The van der Waals surface area contributed by atoms with Crippen LogP contribution >= 0.6 is 34.5 Å². The first-order valence-electron chi connectivity index (χ1n) is 11.3. The van der Waals surface area contributed by atoms with Crippen molar-refractivity contribution in [3.63, 3.8) is 0 Å². The van der Waals surface area contributed by atoms with E-state index in [1.807, 2.05) is 31.2 Å². The zero-order valence-electron chi connectivity index (χ0n) is 19.1. The van der Waals surface area contributed by atoms with Gasteiger partial charge in [-0.15, -0.1) is 0 Å². The number of carbonyl (C=O) groups excluding carboxylic acids is 1. The molecule has 2 fully saturated rings. The molecule has 3 N–H and O–H groups in total. The number of anilines is 1. The molecule has 3 aromatic rings. The Morgan fingerprint density at radius 3 is 2.44 bits per heavy atom. The van der Waals surface area contributed by atoms with Gasteiger partial charge in [0.2, 0.25) is 0 Å². The Balaban J connectivity index is 0.00000304. The van der Waals surface area contributed by atoms with E-state index in [0.717, 1.165) is 11.3 Å². The number of benzene rings is 1. The van der Waals surface area contributed by atoms with Gasteiger partial charge in [0.25, 0.3) is 5.91 Å². The first-order valence-corrected chi connectivity index (χ1v) is 12.9. The number of aromatic amines is 1. The summed E-state index contributed by atoms with van der Waals surface area (Å²) in [7, 11) is 0. The van der Waals surface area contributed by atoms with Gasteiger partial charge in [-0.1, -0.05) is 46.7 Å². The molecule has 2 aromatic heterocycles. The first-order chi connectivity index (χ1) is 16.8. The van der Waals surface area contributed by atoms with Gasteiger partial charge in [-0.3, -0.25) is 4.79 Å². The fourth-order valence-electron chi connectivity index (χ4n) is 4.67. The molecule has 3 atom stereocenters. The standard InChI is InChI=1S/C24H24Cl2N4O4S.Li.H/c1-3-34-13-6-4-12(5-7-13)8-16-21(23(32)33)35-24(28-16)30-9-14-15(10-30)19(14)29-22(31)20-18(26)17(25)11(2)27-20;;/h4-7,14-15,19,27H,3,8-10H2,1-2H3,(H,29,31)(H,32,33);;/t14-,15+,19+;;. The van der Waals surface area contributed by atoms with E-state index in [1.54, 1.807) is 6.92 Å². The third kappa shape index (κ3) is 5.13. The molecule has 12 heteroatoms. The van der Waals surface area contributed by atoms with Gasteiger partial charge in [0, 0.05) is 43.1 Å². The van der Waals surface area contributed by atoms with Gasteiger partial charge in [-0.2, -0.15) is 0 Å². The molecule has 36 heavy (non-hydrogen) atoms. The van der Waals surface area contributed by atoms with E-state index in [2.05, 4.69) is 20.2 Å². The Bertz CT molecular complexity index is 1280. The van der Waals surface area contributed by atoms with Crippen molar-refractivity contribution in [1.29, 1.82) is 0 Å². The number of carboxylic acids is 1. The molecule has 1 amide bonds. The van der Waals surface area contributed by atoms with Gasteiger partial charge in [0.15, 0.2) is 5.13 Å². The Morgan fingerprint density at radius 1 is 1.22 bits per heavy atom. The monoisotopic (exact) mass is 542 g/mol. The number of amides is 1. The van der Waals surface area contributed by atoms with Crippen LogP contribution in [-0.4, -0.2) is 71.5 Å². The van der Waals surface area contributed by atoms with Crippen molar-refractivity contribution in [3.05, 3.63) is 61.8 Å². The molecule has 1 saturated heterocycles. The summed E-state index contributed by atoms with van der Waals surface area (Å²) in [6, 6.07) is 7.67. The van der Waals surface area contributed by atoms with E-state index in [9.17, 15) is 14.7 Å². The number of thiazole rings is 1.